The molecule has 12 heteroatoms. The predicted molar refractivity (Wildman–Crippen MR) is 145 cm³/mol. The van der Waals surface area contributed by atoms with Crippen LogP contribution in [0.5, 0.6) is 0 Å². The normalized spacial score (nSPS) is 11.6. The first-order valence-corrected chi connectivity index (χ1v) is 12.1. The first-order chi connectivity index (χ1) is 18.5. The molecule has 3 aromatic rings. The Bertz CT molecular complexity index is 1390. The molecule has 0 aliphatic carbocycles. The van der Waals surface area contributed by atoms with Gasteiger partial charge in [0.05, 0.1) is 23.6 Å². The number of hydrogen-bond donors (Lipinski definition) is 4. The third kappa shape index (κ3) is 8.45. The summed E-state index contributed by atoms with van der Waals surface area (Å²) in [6.45, 7) is 5.50. The minimum atomic E-state index is -4.54. The number of rotatable bonds is 9. The standard InChI is InChI=1S/C27H28F3N7O2/c1-4-17-9-10-21(37-26(39)36-20-8-6-7-18(12-20)27(28,29)30)13-23(17)24(38)34-22-14-32-25(33-15-22)35-19(5-2)11-16(3)31/h6-10,12-15,31H,4-5,11H2,1-3H3,(H,34,38)(H2,36,37,39). The van der Waals surface area contributed by atoms with Crippen LogP contribution in [0, 0.1) is 5.41 Å². The zero-order valence-electron chi connectivity index (χ0n) is 21.6. The molecule has 0 saturated carbocycles. The summed E-state index contributed by atoms with van der Waals surface area (Å²) in [6, 6.07) is 8.26. The lowest BCUT2D eigenvalue weighted by Gasteiger charge is -2.13. The van der Waals surface area contributed by atoms with Gasteiger partial charge in [-0.15, -0.1) is 0 Å². The van der Waals surface area contributed by atoms with Crippen molar-refractivity contribution in [3.63, 3.8) is 0 Å². The van der Waals surface area contributed by atoms with Crippen LogP contribution in [0.15, 0.2) is 59.9 Å². The molecule has 3 rings (SSSR count). The number of hydrogen-bond acceptors (Lipinski definition) is 6. The molecule has 0 spiro atoms. The number of carbonyl (C=O) groups excluding carboxylic acids is 2. The number of urea groups is 1. The summed E-state index contributed by atoms with van der Waals surface area (Å²) >= 11 is 0. The summed E-state index contributed by atoms with van der Waals surface area (Å²) in [5, 5.41) is 15.2. The van der Waals surface area contributed by atoms with Gasteiger partial charge in [0.1, 0.15) is 0 Å². The number of anilines is 3. The first kappa shape index (κ1) is 29.0. The van der Waals surface area contributed by atoms with Crippen LogP contribution in [0.4, 0.5) is 41.0 Å². The van der Waals surface area contributed by atoms with Crippen LogP contribution >= 0.6 is 0 Å². The molecule has 204 valence electrons. The van der Waals surface area contributed by atoms with E-state index in [1.54, 1.807) is 19.1 Å². The number of halogens is 3. The summed E-state index contributed by atoms with van der Waals surface area (Å²) in [7, 11) is 0. The van der Waals surface area contributed by atoms with Crippen molar-refractivity contribution >= 4 is 46.4 Å². The van der Waals surface area contributed by atoms with Gasteiger partial charge in [-0.1, -0.05) is 26.0 Å². The van der Waals surface area contributed by atoms with Gasteiger partial charge in [-0.05, 0) is 55.7 Å². The van der Waals surface area contributed by atoms with E-state index < -0.39 is 23.7 Å². The lowest BCUT2D eigenvalue weighted by atomic mass is 10.0. The van der Waals surface area contributed by atoms with Crippen molar-refractivity contribution in [2.45, 2.75) is 46.2 Å². The number of nitrogens with zero attached hydrogens (tertiary/aromatic N) is 3. The zero-order valence-corrected chi connectivity index (χ0v) is 21.6. The van der Waals surface area contributed by atoms with E-state index >= 15 is 0 Å². The van der Waals surface area contributed by atoms with Gasteiger partial charge in [0.15, 0.2) is 0 Å². The van der Waals surface area contributed by atoms with E-state index in [0.717, 1.165) is 17.8 Å². The van der Waals surface area contributed by atoms with Crippen molar-refractivity contribution in [3.05, 3.63) is 71.5 Å². The van der Waals surface area contributed by atoms with Crippen molar-refractivity contribution in [1.82, 2.24) is 9.97 Å². The fourth-order valence-electron chi connectivity index (χ4n) is 3.57. The summed E-state index contributed by atoms with van der Waals surface area (Å²) in [6.07, 6.45) is -0.0743. The van der Waals surface area contributed by atoms with E-state index in [1.165, 1.54) is 30.6 Å². The van der Waals surface area contributed by atoms with Crippen molar-refractivity contribution in [1.29, 1.82) is 5.41 Å². The second-order valence-electron chi connectivity index (χ2n) is 8.60. The van der Waals surface area contributed by atoms with Crippen molar-refractivity contribution in [2.75, 3.05) is 16.0 Å². The molecule has 0 aliphatic heterocycles. The van der Waals surface area contributed by atoms with E-state index in [-0.39, 0.29) is 17.3 Å². The lowest BCUT2D eigenvalue weighted by Crippen LogP contribution is -2.21. The highest BCUT2D eigenvalue weighted by atomic mass is 19.4. The van der Waals surface area contributed by atoms with E-state index in [0.29, 0.717) is 41.8 Å². The molecule has 0 fully saturated rings. The minimum Gasteiger partial charge on any atom is -0.319 e. The first-order valence-electron chi connectivity index (χ1n) is 12.1. The van der Waals surface area contributed by atoms with Gasteiger partial charge in [0.2, 0.25) is 5.95 Å². The molecule has 2 aromatic carbocycles. The molecule has 9 nitrogen and oxygen atoms in total. The Morgan fingerprint density at radius 2 is 1.62 bits per heavy atom. The van der Waals surface area contributed by atoms with Crippen LogP contribution < -0.4 is 16.0 Å². The largest absolute Gasteiger partial charge is 0.416 e. The van der Waals surface area contributed by atoms with Crippen molar-refractivity contribution < 1.29 is 22.8 Å². The van der Waals surface area contributed by atoms with Gasteiger partial charge in [-0.2, -0.15) is 13.2 Å². The van der Waals surface area contributed by atoms with Crippen molar-refractivity contribution in [3.8, 4) is 0 Å². The topological polar surface area (TPSA) is 132 Å². The summed E-state index contributed by atoms with van der Waals surface area (Å²) < 4.78 is 38.8. The predicted octanol–water partition coefficient (Wildman–Crippen LogP) is 6.87. The molecular formula is C27H28F3N7O2. The van der Waals surface area contributed by atoms with Crippen LogP contribution in [0.3, 0.4) is 0 Å². The average molecular weight is 540 g/mol. The molecular weight excluding hydrogens is 511 g/mol. The van der Waals surface area contributed by atoms with Crippen molar-refractivity contribution in [2.24, 2.45) is 4.99 Å². The number of aliphatic imine (C=N–C) groups is 1. The molecule has 1 aromatic heterocycles. The quantitative estimate of drug-likeness (QED) is 0.221. The number of benzene rings is 2. The molecule has 0 unspecified atom stereocenters. The van der Waals surface area contributed by atoms with E-state index in [4.69, 9.17) is 5.41 Å². The third-order valence-corrected chi connectivity index (χ3v) is 5.47. The highest BCUT2D eigenvalue weighted by Gasteiger charge is 2.30. The summed E-state index contributed by atoms with van der Waals surface area (Å²) in [5.41, 5.74) is 1.96. The Labute approximate surface area is 223 Å². The highest BCUT2D eigenvalue weighted by Crippen LogP contribution is 2.30. The Hall–Kier alpha value is -4.61. The molecule has 0 aliphatic rings. The smallest absolute Gasteiger partial charge is 0.319 e. The maximum atomic E-state index is 13.0. The zero-order chi connectivity index (χ0) is 28.6. The van der Waals surface area contributed by atoms with Gasteiger partial charge in [0.25, 0.3) is 5.91 Å². The van der Waals surface area contributed by atoms with E-state index in [2.05, 4.69) is 30.9 Å². The molecule has 4 N–H and O–H groups in total. The third-order valence-electron chi connectivity index (χ3n) is 5.47. The van der Waals surface area contributed by atoms with Crippen LogP contribution in [-0.4, -0.2) is 33.3 Å². The molecule has 0 atom stereocenters. The Morgan fingerprint density at radius 1 is 0.949 bits per heavy atom. The second kappa shape index (κ2) is 12.8. The molecule has 0 bridgehead atoms. The number of carbonyl (C=O) groups is 2. The average Bonchev–Trinajstić information content (AvgIpc) is 2.88. The number of amides is 3. The van der Waals surface area contributed by atoms with Crippen LogP contribution in [0.1, 0.15) is 55.1 Å². The van der Waals surface area contributed by atoms with Gasteiger partial charge in [-0.25, -0.2) is 19.8 Å². The van der Waals surface area contributed by atoms with Gasteiger partial charge in [0, 0.05) is 34.8 Å². The van der Waals surface area contributed by atoms with E-state index in [9.17, 15) is 22.8 Å². The second-order valence-corrected chi connectivity index (χ2v) is 8.60. The molecule has 39 heavy (non-hydrogen) atoms. The van der Waals surface area contributed by atoms with Gasteiger partial charge in [-0.3, -0.25) is 4.79 Å². The minimum absolute atomic E-state index is 0.0303. The van der Waals surface area contributed by atoms with Gasteiger partial charge < -0.3 is 21.4 Å². The molecule has 0 saturated heterocycles. The molecule has 1 heterocycles. The Balaban J connectivity index is 1.71. The fraction of sp³-hybridized carbons (Fsp3) is 0.259. The van der Waals surface area contributed by atoms with Crippen LogP contribution in [-0.2, 0) is 12.6 Å². The lowest BCUT2D eigenvalue weighted by molar-refractivity contribution is -0.137. The number of aromatic nitrogens is 2. The highest BCUT2D eigenvalue weighted by molar-refractivity contribution is 6.07. The van der Waals surface area contributed by atoms with Gasteiger partial charge >= 0.3 is 12.2 Å². The number of alkyl halides is 3. The summed E-state index contributed by atoms with van der Waals surface area (Å²) in [5.74, 6) is -0.236. The summed E-state index contributed by atoms with van der Waals surface area (Å²) in [4.78, 5) is 38.1. The Morgan fingerprint density at radius 3 is 2.21 bits per heavy atom. The SMILES string of the molecule is CCC(CC(C)=N)=Nc1ncc(NC(=O)c2cc(NC(=O)Nc3cccc(C(F)(F)F)c3)ccc2CC)cn1. The number of aryl methyl sites for hydroxylation is 1. The fourth-order valence-corrected chi connectivity index (χ4v) is 3.57. The van der Waals surface area contributed by atoms with Crippen LogP contribution in [0.25, 0.3) is 0 Å². The Kier molecular flexibility index (Phi) is 9.47. The monoisotopic (exact) mass is 539 g/mol. The maximum Gasteiger partial charge on any atom is 0.416 e. The van der Waals surface area contributed by atoms with Crippen LogP contribution in [0.2, 0.25) is 0 Å². The maximum absolute atomic E-state index is 13.0. The number of nitrogens with one attached hydrogen (secondary N) is 4. The molecule has 0 radical (unpaired) electrons. The van der Waals surface area contributed by atoms with E-state index in [1.807, 2.05) is 13.8 Å². The molecule has 3 amide bonds.